The molecule has 7 aromatic carbocycles. The molecule has 9 aromatic rings. The SMILES string of the molecule is Cc1cc(C(C)(C)C)cc(C)c1N1c2cccc3c2B(c2ccc(-c4cc5ccccc5o4)cc2N3c2ccc(C(C)(C)C)cc2-c2ccccc2)c2c1oc1ccc(C(C)(C)C)cc21. The van der Waals surface area contributed by atoms with Gasteiger partial charge in [0.2, 0.25) is 5.88 Å². The summed E-state index contributed by atoms with van der Waals surface area (Å²) in [5, 5.41) is 2.25. The van der Waals surface area contributed by atoms with Gasteiger partial charge in [-0.1, -0.05) is 153 Å². The van der Waals surface area contributed by atoms with Crippen molar-refractivity contribution in [1.82, 2.24) is 0 Å². The van der Waals surface area contributed by atoms with Gasteiger partial charge in [0, 0.05) is 44.4 Å². The molecule has 11 rings (SSSR count). The number of rotatable bonds is 4. The summed E-state index contributed by atoms with van der Waals surface area (Å²) >= 11 is 0. The maximum Gasteiger partial charge on any atom is 0.257 e. The number of hydrogen-bond donors (Lipinski definition) is 0. The average Bonchev–Trinajstić information content (AvgIpc) is 3.88. The molecule has 0 saturated carbocycles. The Morgan fingerprint density at radius 2 is 1.09 bits per heavy atom. The zero-order valence-electron chi connectivity index (χ0n) is 39.6. The van der Waals surface area contributed by atoms with E-state index in [-0.39, 0.29) is 23.0 Å². The molecule has 0 saturated heterocycles. The number of fused-ring (bicyclic) bond motifs is 7. The molecule has 0 atom stereocenters. The summed E-state index contributed by atoms with van der Waals surface area (Å²) in [6.07, 6.45) is 0. The molecular weight excluding hydrogens is 791 g/mol. The van der Waals surface area contributed by atoms with Crippen LogP contribution in [0, 0.1) is 13.8 Å². The van der Waals surface area contributed by atoms with Crippen LogP contribution < -0.4 is 26.2 Å². The molecule has 322 valence electrons. The first kappa shape index (κ1) is 41.0. The third-order valence-corrected chi connectivity index (χ3v) is 14.0. The number of anilines is 6. The van der Waals surface area contributed by atoms with Gasteiger partial charge in [-0.25, -0.2) is 0 Å². The Bertz CT molecular complexity index is 3310. The van der Waals surface area contributed by atoms with Crippen LogP contribution in [0.25, 0.3) is 44.4 Å². The van der Waals surface area contributed by atoms with E-state index in [4.69, 9.17) is 8.83 Å². The van der Waals surface area contributed by atoms with Crippen molar-refractivity contribution in [3.63, 3.8) is 0 Å². The first-order valence-electron chi connectivity index (χ1n) is 23.2. The van der Waals surface area contributed by atoms with Crippen LogP contribution in [0.15, 0.2) is 154 Å². The first-order valence-corrected chi connectivity index (χ1v) is 23.2. The van der Waals surface area contributed by atoms with E-state index >= 15 is 0 Å². The number of furan rings is 2. The van der Waals surface area contributed by atoms with Crippen LogP contribution in [-0.4, -0.2) is 6.71 Å². The normalized spacial score (nSPS) is 13.7. The standard InChI is InChI=1S/C60H57BN2O2/c1-36-30-43(60(9,10)11)31-37(2)56(36)63-49-22-17-21-48-55(49)61(54-45-35-42(59(6,7)8)26-29-52(45)65-57(54)63)46-27-24-40(53-33-39-20-15-16-23-51(39)64-53)32-50(46)62(48)47-28-25-41(58(3,4)5)34-44(47)38-18-13-12-14-19-38/h12-35H,1-11H3. The second kappa shape index (κ2) is 14.4. The minimum atomic E-state index is -0.122. The van der Waals surface area contributed by atoms with Gasteiger partial charge in [0.15, 0.2) is 0 Å². The highest BCUT2D eigenvalue weighted by molar-refractivity contribution is 7.01. The first-order chi connectivity index (χ1) is 31.0. The molecule has 2 aliphatic heterocycles. The lowest BCUT2D eigenvalue weighted by molar-refractivity contribution is 0.588. The van der Waals surface area contributed by atoms with E-state index in [1.807, 2.05) is 6.07 Å². The van der Waals surface area contributed by atoms with Crippen LogP contribution in [0.4, 0.5) is 34.3 Å². The molecular formula is C60H57BN2O2. The van der Waals surface area contributed by atoms with E-state index in [1.165, 1.54) is 61.0 Å². The maximum absolute atomic E-state index is 7.26. The summed E-state index contributed by atoms with van der Waals surface area (Å²) in [4.78, 5) is 4.99. The van der Waals surface area contributed by atoms with Crippen LogP contribution in [0.1, 0.15) is 90.1 Å². The quantitative estimate of drug-likeness (QED) is 0.165. The Morgan fingerprint density at radius 1 is 0.446 bits per heavy atom. The molecule has 0 spiro atoms. The lowest BCUT2D eigenvalue weighted by Crippen LogP contribution is -2.61. The van der Waals surface area contributed by atoms with Crippen molar-refractivity contribution in [3.8, 4) is 22.5 Å². The second-order valence-corrected chi connectivity index (χ2v) is 21.6. The van der Waals surface area contributed by atoms with Crippen molar-refractivity contribution in [2.75, 3.05) is 9.80 Å². The highest BCUT2D eigenvalue weighted by atomic mass is 16.4. The molecule has 0 amide bonds. The predicted molar refractivity (Wildman–Crippen MR) is 276 cm³/mol. The zero-order valence-corrected chi connectivity index (χ0v) is 39.6. The minimum absolute atomic E-state index is 0.00523. The molecule has 0 bridgehead atoms. The summed E-state index contributed by atoms with van der Waals surface area (Å²) in [5.41, 5.74) is 20.8. The van der Waals surface area contributed by atoms with E-state index in [0.29, 0.717) is 0 Å². The van der Waals surface area contributed by atoms with Crippen LogP contribution in [0.5, 0.6) is 0 Å². The summed E-state index contributed by atoms with van der Waals surface area (Å²) < 4.78 is 13.9. The van der Waals surface area contributed by atoms with E-state index in [9.17, 15) is 0 Å². The average molecular weight is 849 g/mol. The van der Waals surface area contributed by atoms with Crippen molar-refractivity contribution >= 4 is 79.4 Å². The number of para-hydroxylation sites is 1. The number of hydrogen-bond acceptors (Lipinski definition) is 4. The van der Waals surface area contributed by atoms with Gasteiger partial charge in [0.1, 0.15) is 16.9 Å². The summed E-state index contributed by atoms with van der Waals surface area (Å²) in [6.45, 7) is 25.1. The fourth-order valence-electron chi connectivity index (χ4n) is 10.5. The fourth-order valence-corrected chi connectivity index (χ4v) is 10.5. The Kier molecular flexibility index (Phi) is 9.08. The predicted octanol–water partition coefficient (Wildman–Crippen LogP) is 15.1. The van der Waals surface area contributed by atoms with E-state index in [1.54, 1.807) is 0 Å². The number of nitrogens with zero attached hydrogens (tertiary/aromatic N) is 2. The van der Waals surface area contributed by atoms with Crippen molar-refractivity contribution < 1.29 is 8.83 Å². The van der Waals surface area contributed by atoms with Crippen LogP contribution in [-0.2, 0) is 16.2 Å². The Labute approximate surface area is 384 Å². The molecule has 5 heteroatoms. The zero-order chi connectivity index (χ0) is 45.3. The third kappa shape index (κ3) is 6.57. The molecule has 0 aliphatic carbocycles. The maximum atomic E-state index is 7.26. The summed E-state index contributed by atoms with van der Waals surface area (Å²) in [7, 11) is 0. The van der Waals surface area contributed by atoms with E-state index in [0.717, 1.165) is 61.9 Å². The van der Waals surface area contributed by atoms with Crippen molar-refractivity contribution in [2.45, 2.75) is 92.4 Å². The topological polar surface area (TPSA) is 32.8 Å². The van der Waals surface area contributed by atoms with Crippen molar-refractivity contribution in [1.29, 1.82) is 0 Å². The third-order valence-electron chi connectivity index (χ3n) is 14.0. The number of aryl methyl sites for hydroxylation is 2. The molecule has 0 N–H and O–H groups in total. The van der Waals surface area contributed by atoms with Gasteiger partial charge in [0.25, 0.3) is 6.71 Å². The van der Waals surface area contributed by atoms with Crippen LogP contribution in [0.2, 0.25) is 0 Å². The highest BCUT2D eigenvalue weighted by Crippen LogP contribution is 2.50. The second-order valence-electron chi connectivity index (χ2n) is 21.6. The van der Waals surface area contributed by atoms with Gasteiger partial charge in [-0.3, -0.25) is 4.90 Å². The molecule has 2 aromatic heterocycles. The van der Waals surface area contributed by atoms with Crippen molar-refractivity contribution in [3.05, 3.63) is 173 Å². The Morgan fingerprint density at radius 3 is 1.78 bits per heavy atom. The molecule has 0 unspecified atom stereocenters. The fraction of sp³-hybridized carbons (Fsp3) is 0.233. The lowest BCUT2D eigenvalue weighted by Gasteiger charge is -2.43. The van der Waals surface area contributed by atoms with Gasteiger partial charge in [0.05, 0.1) is 11.4 Å². The Balaban J connectivity index is 1.26. The monoisotopic (exact) mass is 848 g/mol. The smallest absolute Gasteiger partial charge is 0.257 e. The summed E-state index contributed by atoms with van der Waals surface area (Å²) in [6, 6.07) is 54.0. The van der Waals surface area contributed by atoms with E-state index in [2.05, 4.69) is 225 Å². The van der Waals surface area contributed by atoms with Gasteiger partial charge >= 0.3 is 0 Å². The van der Waals surface area contributed by atoms with Gasteiger partial charge in [-0.05, 0) is 129 Å². The molecule has 65 heavy (non-hydrogen) atoms. The van der Waals surface area contributed by atoms with Crippen molar-refractivity contribution in [2.24, 2.45) is 0 Å². The van der Waals surface area contributed by atoms with E-state index < -0.39 is 0 Å². The molecule has 4 nitrogen and oxygen atoms in total. The molecule has 0 fully saturated rings. The highest BCUT2D eigenvalue weighted by Gasteiger charge is 2.47. The largest absolute Gasteiger partial charge is 0.456 e. The van der Waals surface area contributed by atoms with Crippen LogP contribution >= 0.6 is 0 Å². The number of benzene rings is 7. The lowest BCUT2D eigenvalue weighted by atomic mass is 9.33. The minimum Gasteiger partial charge on any atom is -0.456 e. The van der Waals surface area contributed by atoms with Gasteiger partial charge in [-0.2, -0.15) is 0 Å². The summed E-state index contributed by atoms with van der Waals surface area (Å²) in [5.74, 6) is 1.74. The molecule has 0 radical (unpaired) electrons. The Hall–Kier alpha value is -6.72. The molecule has 2 aliphatic rings. The van der Waals surface area contributed by atoms with Gasteiger partial charge in [-0.15, -0.1) is 0 Å². The molecule has 4 heterocycles. The van der Waals surface area contributed by atoms with Crippen LogP contribution in [0.3, 0.4) is 0 Å². The van der Waals surface area contributed by atoms with Gasteiger partial charge < -0.3 is 13.7 Å².